The Morgan fingerprint density at radius 3 is 3.07 bits per heavy atom. The van der Waals surface area contributed by atoms with Crippen molar-refractivity contribution in [1.29, 1.82) is 0 Å². The first-order valence-corrected chi connectivity index (χ1v) is 5.32. The van der Waals surface area contributed by atoms with E-state index in [-0.39, 0.29) is 5.91 Å². The molecule has 3 nitrogen and oxygen atoms in total. The number of amides is 1. The van der Waals surface area contributed by atoms with E-state index in [9.17, 15) is 4.79 Å². The zero-order valence-electron chi connectivity index (χ0n) is 9.13. The second-order valence-corrected chi connectivity index (χ2v) is 4.14. The van der Waals surface area contributed by atoms with E-state index in [2.05, 4.69) is 23.6 Å². The molecule has 1 aliphatic rings. The SMILES string of the molecule is CC(=O)Nc1ccc2c(c1)NC(C)CC2. The van der Waals surface area contributed by atoms with Crippen molar-refractivity contribution in [3.05, 3.63) is 23.8 Å². The quantitative estimate of drug-likeness (QED) is 0.737. The first kappa shape index (κ1) is 10.0. The van der Waals surface area contributed by atoms with Gasteiger partial charge in [-0.1, -0.05) is 6.07 Å². The highest BCUT2D eigenvalue weighted by atomic mass is 16.1. The Bertz CT molecular complexity index is 387. The number of hydrogen-bond acceptors (Lipinski definition) is 2. The molecular weight excluding hydrogens is 188 g/mol. The van der Waals surface area contributed by atoms with Gasteiger partial charge in [0.1, 0.15) is 0 Å². The molecule has 0 spiro atoms. The van der Waals surface area contributed by atoms with Crippen LogP contribution in [0.3, 0.4) is 0 Å². The van der Waals surface area contributed by atoms with Crippen molar-refractivity contribution in [2.24, 2.45) is 0 Å². The average Bonchev–Trinajstić information content (AvgIpc) is 2.16. The molecule has 1 aliphatic heterocycles. The summed E-state index contributed by atoms with van der Waals surface area (Å²) in [6.07, 6.45) is 2.29. The Labute approximate surface area is 89.9 Å². The zero-order chi connectivity index (χ0) is 10.8. The molecule has 80 valence electrons. The van der Waals surface area contributed by atoms with Gasteiger partial charge in [0.15, 0.2) is 0 Å². The first-order chi connectivity index (χ1) is 7.15. The minimum absolute atomic E-state index is 0.0289. The predicted octanol–water partition coefficient (Wildman–Crippen LogP) is 2.39. The maximum atomic E-state index is 10.9. The summed E-state index contributed by atoms with van der Waals surface area (Å²) in [6, 6.07) is 6.56. The molecule has 0 saturated heterocycles. The summed E-state index contributed by atoms with van der Waals surface area (Å²) in [7, 11) is 0. The summed E-state index contributed by atoms with van der Waals surface area (Å²) in [5, 5.41) is 6.21. The third-order valence-electron chi connectivity index (χ3n) is 2.68. The molecule has 0 bridgehead atoms. The number of anilines is 2. The molecule has 1 aromatic rings. The van der Waals surface area contributed by atoms with Crippen LogP contribution in [0, 0.1) is 0 Å². The molecule has 2 rings (SSSR count). The highest BCUT2D eigenvalue weighted by Gasteiger charge is 2.13. The monoisotopic (exact) mass is 204 g/mol. The van der Waals surface area contributed by atoms with Crippen LogP contribution in [-0.2, 0) is 11.2 Å². The number of aryl methyl sites for hydroxylation is 1. The standard InChI is InChI=1S/C12H16N2O/c1-8-3-4-10-5-6-11(14-9(2)15)7-12(10)13-8/h5-8,13H,3-4H2,1-2H3,(H,14,15). The number of fused-ring (bicyclic) bond motifs is 1. The minimum atomic E-state index is -0.0289. The summed E-state index contributed by atoms with van der Waals surface area (Å²) in [4.78, 5) is 10.9. The lowest BCUT2D eigenvalue weighted by Crippen LogP contribution is -2.22. The van der Waals surface area contributed by atoms with E-state index in [4.69, 9.17) is 0 Å². The molecule has 0 radical (unpaired) electrons. The number of carbonyl (C=O) groups excluding carboxylic acids is 1. The van der Waals surface area contributed by atoms with E-state index in [1.54, 1.807) is 0 Å². The van der Waals surface area contributed by atoms with Gasteiger partial charge in [0.2, 0.25) is 5.91 Å². The van der Waals surface area contributed by atoms with Gasteiger partial charge in [-0.2, -0.15) is 0 Å². The van der Waals surface area contributed by atoms with Crippen molar-refractivity contribution in [2.75, 3.05) is 10.6 Å². The molecule has 1 heterocycles. The van der Waals surface area contributed by atoms with Crippen LogP contribution in [0.1, 0.15) is 25.8 Å². The molecule has 0 saturated carbocycles. The van der Waals surface area contributed by atoms with Crippen LogP contribution in [0.4, 0.5) is 11.4 Å². The van der Waals surface area contributed by atoms with Gasteiger partial charge < -0.3 is 10.6 Å². The van der Waals surface area contributed by atoms with Crippen molar-refractivity contribution in [1.82, 2.24) is 0 Å². The number of carbonyl (C=O) groups is 1. The fourth-order valence-corrected chi connectivity index (χ4v) is 1.92. The lowest BCUT2D eigenvalue weighted by atomic mass is 9.99. The Balaban J connectivity index is 2.24. The largest absolute Gasteiger partial charge is 0.382 e. The lowest BCUT2D eigenvalue weighted by molar-refractivity contribution is -0.114. The Morgan fingerprint density at radius 2 is 2.33 bits per heavy atom. The molecule has 15 heavy (non-hydrogen) atoms. The normalized spacial score (nSPS) is 18.9. The molecule has 1 unspecified atom stereocenters. The maximum absolute atomic E-state index is 10.9. The summed E-state index contributed by atoms with van der Waals surface area (Å²) in [5.41, 5.74) is 3.35. The summed E-state index contributed by atoms with van der Waals surface area (Å²) in [6.45, 7) is 3.70. The van der Waals surface area contributed by atoms with Gasteiger partial charge in [0.05, 0.1) is 0 Å². The summed E-state index contributed by atoms with van der Waals surface area (Å²) >= 11 is 0. The third-order valence-corrected chi connectivity index (χ3v) is 2.68. The number of rotatable bonds is 1. The molecule has 0 aliphatic carbocycles. The van der Waals surface area contributed by atoms with E-state index < -0.39 is 0 Å². The number of nitrogens with one attached hydrogen (secondary N) is 2. The number of benzene rings is 1. The lowest BCUT2D eigenvalue weighted by Gasteiger charge is -2.24. The fourth-order valence-electron chi connectivity index (χ4n) is 1.92. The van der Waals surface area contributed by atoms with Crippen LogP contribution < -0.4 is 10.6 Å². The molecule has 3 heteroatoms. The molecule has 0 fully saturated rings. The second kappa shape index (κ2) is 3.93. The van der Waals surface area contributed by atoms with Crippen LogP contribution in [0.25, 0.3) is 0 Å². The van der Waals surface area contributed by atoms with Gasteiger partial charge in [-0.15, -0.1) is 0 Å². The summed E-state index contributed by atoms with van der Waals surface area (Å²) in [5.74, 6) is -0.0289. The van der Waals surface area contributed by atoms with E-state index in [0.29, 0.717) is 6.04 Å². The van der Waals surface area contributed by atoms with E-state index in [0.717, 1.165) is 17.8 Å². The maximum Gasteiger partial charge on any atom is 0.221 e. The van der Waals surface area contributed by atoms with Gasteiger partial charge in [0, 0.05) is 24.3 Å². The highest BCUT2D eigenvalue weighted by molar-refractivity contribution is 5.89. The van der Waals surface area contributed by atoms with Crippen LogP contribution in [0.5, 0.6) is 0 Å². The predicted molar refractivity (Wildman–Crippen MR) is 62.2 cm³/mol. The van der Waals surface area contributed by atoms with Crippen LogP contribution in [0.15, 0.2) is 18.2 Å². The number of hydrogen-bond donors (Lipinski definition) is 2. The van der Waals surface area contributed by atoms with Crippen molar-refractivity contribution in [2.45, 2.75) is 32.7 Å². The Hall–Kier alpha value is -1.51. The molecular formula is C12H16N2O. The van der Waals surface area contributed by atoms with Crippen LogP contribution >= 0.6 is 0 Å². The second-order valence-electron chi connectivity index (χ2n) is 4.14. The van der Waals surface area contributed by atoms with Crippen molar-refractivity contribution >= 4 is 17.3 Å². The zero-order valence-corrected chi connectivity index (χ0v) is 9.13. The highest BCUT2D eigenvalue weighted by Crippen LogP contribution is 2.27. The fraction of sp³-hybridized carbons (Fsp3) is 0.417. The Morgan fingerprint density at radius 1 is 1.53 bits per heavy atom. The van der Waals surface area contributed by atoms with Crippen LogP contribution in [-0.4, -0.2) is 11.9 Å². The van der Waals surface area contributed by atoms with E-state index in [1.807, 2.05) is 12.1 Å². The van der Waals surface area contributed by atoms with Crippen molar-refractivity contribution < 1.29 is 4.79 Å². The molecule has 1 amide bonds. The smallest absolute Gasteiger partial charge is 0.221 e. The molecule has 2 N–H and O–H groups in total. The van der Waals surface area contributed by atoms with Crippen molar-refractivity contribution in [3.8, 4) is 0 Å². The van der Waals surface area contributed by atoms with E-state index in [1.165, 1.54) is 18.9 Å². The average molecular weight is 204 g/mol. The minimum Gasteiger partial charge on any atom is -0.382 e. The van der Waals surface area contributed by atoms with Crippen LogP contribution in [0.2, 0.25) is 0 Å². The van der Waals surface area contributed by atoms with Gasteiger partial charge >= 0.3 is 0 Å². The third kappa shape index (κ3) is 2.29. The van der Waals surface area contributed by atoms with Gasteiger partial charge in [-0.25, -0.2) is 0 Å². The van der Waals surface area contributed by atoms with Gasteiger partial charge in [0.25, 0.3) is 0 Å². The van der Waals surface area contributed by atoms with Gasteiger partial charge in [-0.3, -0.25) is 4.79 Å². The molecule has 1 atom stereocenters. The summed E-state index contributed by atoms with van der Waals surface area (Å²) < 4.78 is 0. The Kier molecular flexibility index (Phi) is 2.62. The first-order valence-electron chi connectivity index (χ1n) is 5.32. The molecule has 0 aromatic heterocycles. The van der Waals surface area contributed by atoms with Gasteiger partial charge in [-0.05, 0) is 37.5 Å². The van der Waals surface area contributed by atoms with E-state index >= 15 is 0 Å². The topological polar surface area (TPSA) is 41.1 Å². The van der Waals surface area contributed by atoms with Crippen molar-refractivity contribution in [3.63, 3.8) is 0 Å². The molecule has 1 aromatic carbocycles.